The second kappa shape index (κ2) is 6.85. The normalized spacial score (nSPS) is 16.0. The van der Waals surface area contributed by atoms with Gasteiger partial charge in [-0.05, 0) is 37.1 Å². The molecule has 1 aliphatic rings. The number of nitrogens with zero attached hydrogens (tertiary/aromatic N) is 1. The van der Waals surface area contributed by atoms with E-state index in [4.69, 9.17) is 0 Å². The largest absolute Gasteiger partial charge is 0.393 e. The van der Waals surface area contributed by atoms with Crippen LogP contribution in [0.3, 0.4) is 0 Å². The second-order valence-corrected chi connectivity index (χ2v) is 5.72. The molecule has 0 radical (unpaired) electrons. The average molecular weight is 341 g/mol. The van der Waals surface area contributed by atoms with Crippen molar-refractivity contribution in [2.45, 2.75) is 18.9 Å². The minimum atomic E-state index is -0.309. The van der Waals surface area contributed by atoms with Crippen LogP contribution >= 0.6 is 15.9 Å². The molecule has 1 aliphatic heterocycles. The molecule has 0 spiro atoms. The Balaban J connectivity index is 1.81. The van der Waals surface area contributed by atoms with Crippen molar-refractivity contribution in [3.8, 4) is 0 Å². The number of rotatable bonds is 3. The number of aliphatic hydroxyl groups excluding tert-OH is 1. The summed E-state index contributed by atoms with van der Waals surface area (Å²) in [6, 6.07) is 6.95. The highest BCUT2D eigenvalue weighted by atomic mass is 79.9. The van der Waals surface area contributed by atoms with Crippen LogP contribution in [-0.4, -0.2) is 47.6 Å². The monoisotopic (exact) mass is 340 g/mol. The smallest absolute Gasteiger partial charge is 0.251 e. The summed E-state index contributed by atoms with van der Waals surface area (Å²) in [6.07, 6.45) is 0.898. The number of halogens is 1. The van der Waals surface area contributed by atoms with Gasteiger partial charge in [0.15, 0.2) is 0 Å². The molecule has 5 nitrogen and oxygen atoms in total. The minimum absolute atomic E-state index is 0.00894. The molecule has 1 aromatic rings. The summed E-state index contributed by atoms with van der Waals surface area (Å²) in [4.78, 5) is 25.5. The van der Waals surface area contributed by atoms with Crippen molar-refractivity contribution in [3.05, 3.63) is 34.3 Å². The Bertz CT molecular complexity index is 482. The van der Waals surface area contributed by atoms with Crippen LogP contribution < -0.4 is 5.32 Å². The van der Waals surface area contributed by atoms with E-state index in [1.54, 1.807) is 29.2 Å². The van der Waals surface area contributed by atoms with Crippen molar-refractivity contribution < 1.29 is 14.7 Å². The lowest BCUT2D eigenvalue weighted by atomic mass is 10.1. The molecule has 1 fully saturated rings. The van der Waals surface area contributed by atoms with Gasteiger partial charge >= 0.3 is 0 Å². The van der Waals surface area contributed by atoms with E-state index in [0.717, 1.165) is 4.47 Å². The van der Waals surface area contributed by atoms with E-state index in [1.807, 2.05) is 0 Å². The fourth-order valence-corrected chi connectivity index (χ4v) is 2.35. The van der Waals surface area contributed by atoms with Crippen LogP contribution in [0.25, 0.3) is 0 Å². The Kier molecular flexibility index (Phi) is 5.14. The lowest BCUT2D eigenvalue weighted by Gasteiger charge is -2.29. The molecule has 0 unspecified atom stereocenters. The van der Waals surface area contributed by atoms with E-state index < -0.39 is 0 Å². The number of aliphatic hydroxyl groups is 1. The highest BCUT2D eigenvalue weighted by Gasteiger charge is 2.21. The van der Waals surface area contributed by atoms with Crippen LogP contribution in [0.4, 0.5) is 0 Å². The number of amides is 2. The van der Waals surface area contributed by atoms with E-state index >= 15 is 0 Å². The van der Waals surface area contributed by atoms with E-state index in [2.05, 4.69) is 21.2 Å². The Hall–Kier alpha value is -1.40. The van der Waals surface area contributed by atoms with Gasteiger partial charge in [0.1, 0.15) is 0 Å². The predicted molar refractivity (Wildman–Crippen MR) is 78.3 cm³/mol. The SMILES string of the molecule is O=C(NCC(=O)N1CCC(O)CC1)c1ccc(Br)cc1. The predicted octanol–water partition coefficient (Wildman–Crippen LogP) is 1.16. The maximum Gasteiger partial charge on any atom is 0.251 e. The molecule has 0 aromatic heterocycles. The van der Waals surface area contributed by atoms with Gasteiger partial charge in [0.2, 0.25) is 5.91 Å². The zero-order valence-corrected chi connectivity index (χ0v) is 12.6. The van der Waals surface area contributed by atoms with Crippen molar-refractivity contribution in [2.24, 2.45) is 0 Å². The van der Waals surface area contributed by atoms with Gasteiger partial charge in [-0.15, -0.1) is 0 Å². The zero-order valence-electron chi connectivity index (χ0n) is 11.0. The minimum Gasteiger partial charge on any atom is -0.393 e. The lowest BCUT2D eigenvalue weighted by Crippen LogP contribution is -2.45. The van der Waals surface area contributed by atoms with Crippen molar-refractivity contribution in [3.63, 3.8) is 0 Å². The Morgan fingerprint density at radius 1 is 1.25 bits per heavy atom. The molecule has 1 saturated heterocycles. The Morgan fingerprint density at radius 2 is 1.85 bits per heavy atom. The van der Waals surface area contributed by atoms with Gasteiger partial charge in [-0.25, -0.2) is 0 Å². The third-order valence-electron chi connectivity index (χ3n) is 3.32. The number of piperidine rings is 1. The molecule has 0 bridgehead atoms. The molecule has 2 amide bonds. The molecule has 1 heterocycles. The van der Waals surface area contributed by atoms with Crippen molar-refractivity contribution in [2.75, 3.05) is 19.6 Å². The molecule has 0 saturated carbocycles. The molecule has 0 aliphatic carbocycles. The zero-order chi connectivity index (χ0) is 14.5. The summed E-state index contributed by atoms with van der Waals surface area (Å²) >= 11 is 3.30. The summed E-state index contributed by atoms with van der Waals surface area (Å²) in [6.45, 7) is 1.09. The van der Waals surface area contributed by atoms with Crippen LogP contribution in [0, 0.1) is 0 Å². The number of likely N-dealkylation sites (tertiary alicyclic amines) is 1. The highest BCUT2D eigenvalue weighted by Crippen LogP contribution is 2.11. The fourth-order valence-electron chi connectivity index (χ4n) is 2.09. The molecule has 1 aromatic carbocycles. The summed E-state index contributed by atoms with van der Waals surface area (Å²) < 4.78 is 0.900. The van der Waals surface area contributed by atoms with Gasteiger partial charge in [0.05, 0.1) is 12.6 Å². The van der Waals surface area contributed by atoms with Crippen LogP contribution in [0.1, 0.15) is 23.2 Å². The first-order valence-electron chi connectivity index (χ1n) is 6.56. The first kappa shape index (κ1) is 15.0. The third kappa shape index (κ3) is 4.05. The Labute approximate surface area is 126 Å². The lowest BCUT2D eigenvalue weighted by molar-refractivity contribution is -0.132. The molecule has 0 atom stereocenters. The maximum atomic E-state index is 11.9. The van der Waals surface area contributed by atoms with Gasteiger partial charge < -0.3 is 15.3 Å². The van der Waals surface area contributed by atoms with Crippen LogP contribution in [0.15, 0.2) is 28.7 Å². The van der Waals surface area contributed by atoms with E-state index in [9.17, 15) is 14.7 Å². The fraction of sp³-hybridized carbons (Fsp3) is 0.429. The van der Waals surface area contributed by atoms with Crippen LogP contribution in [0.2, 0.25) is 0 Å². The van der Waals surface area contributed by atoms with Crippen molar-refractivity contribution in [1.82, 2.24) is 10.2 Å². The first-order valence-corrected chi connectivity index (χ1v) is 7.35. The second-order valence-electron chi connectivity index (χ2n) is 4.80. The number of hydrogen-bond acceptors (Lipinski definition) is 3. The summed E-state index contributed by atoms with van der Waals surface area (Å²) in [5.41, 5.74) is 0.523. The summed E-state index contributed by atoms with van der Waals surface area (Å²) in [5.74, 6) is -0.370. The van der Waals surface area contributed by atoms with Gasteiger partial charge in [-0.2, -0.15) is 0 Å². The number of benzene rings is 1. The van der Waals surface area contributed by atoms with Crippen LogP contribution in [0.5, 0.6) is 0 Å². The number of hydrogen-bond donors (Lipinski definition) is 2. The Morgan fingerprint density at radius 3 is 2.45 bits per heavy atom. The van der Waals surface area contributed by atoms with E-state index in [-0.39, 0.29) is 24.5 Å². The van der Waals surface area contributed by atoms with E-state index in [0.29, 0.717) is 31.5 Å². The number of carbonyl (C=O) groups excluding carboxylic acids is 2. The van der Waals surface area contributed by atoms with Crippen molar-refractivity contribution >= 4 is 27.7 Å². The van der Waals surface area contributed by atoms with Gasteiger partial charge in [-0.3, -0.25) is 9.59 Å². The topological polar surface area (TPSA) is 69.6 Å². The number of nitrogens with one attached hydrogen (secondary N) is 1. The van der Waals surface area contributed by atoms with Gasteiger partial charge in [-0.1, -0.05) is 15.9 Å². The summed E-state index contributed by atoms with van der Waals surface area (Å²) in [5, 5.41) is 12.0. The standard InChI is InChI=1S/C14H17BrN2O3/c15-11-3-1-10(2-4-11)14(20)16-9-13(19)17-7-5-12(18)6-8-17/h1-4,12,18H,5-9H2,(H,16,20). The van der Waals surface area contributed by atoms with E-state index in [1.165, 1.54) is 0 Å². The molecule has 6 heteroatoms. The molecular weight excluding hydrogens is 324 g/mol. The number of carbonyl (C=O) groups is 2. The van der Waals surface area contributed by atoms with Gasteiger partial charge in [0, 0.05) is 23.1 Å². The van der Waals surface area contributed by atoms with Gasteiger partial charge in [0.25, 0.3) is 5.91 Å². The van der Waals surface area contributed by atoms with Crippen molar-refractivity contribution in [1.29, 1.82) is 0 Å². The summed E-state index contributed by atoms with van der Waals surface area (Å²) in [7, 11) is 0. The average Bonchev–Trinajstić information content (AvgIpc) is 2.46. The molecule has 2 rings (SSSR count). The first-order chi connectivity index (χ1) is 9.56. The maximum absolute atomic E-state index is 11.9. The highest BCUT2D eigenvalue weighted by molar-refractivity contribution is 9.10. The van der Waals surface area contributed by atoms with Crippen LogP contribution in [-0.2, 0) is 4.79 Å². The molecular formula is C14H17BrN2O3. The quantitative estimate of drug-likeness (QED) is 0.867. The molecule has 20 heavy (non-hydrogen) atoms. The molecule has 108 valence electrons. The third-order valence-corrected chi connectivity index (χ3v) is 3.85. The molecule has 2 N–H and O–H groups in total.